The zero-order valence-corrected chi connectivity index (χ0v) is 17.2. The Morgan fingerprint density at radius 2 is 2.06 bits per heavy atom. The zero-order chi connectivity index (χ0) is 22.2. The van der Waals surface area contributed by atoms with Gasteiger partial charge in [0.25, 0.3) is 0 Å². The van der Waals surface area contributed by atoms with Crippen molar-refractivity contribution in [3.8, 4) is 0 Å². The molecular formula is C23H24F3NO4. The molecule has 1 aromatic carbocycles. The van der Waals surface area contributed by atoms with Gasteiger partial charge in [-0.25, -0.2) is 4.79 Å². The minimum absolute atomic E-state index is 0.0742. The van der Waals surface area contributed by atoms with Crippen LogP contribution in [0.3, 0.4) is 0 Å². The van der Waals surface area contributed by atoms with Crippen molar-refractivity contribution in [2.75, 3.05) is 13.2 Å². The van der Waals surface area contributed by atoms with Crippen molar-refractivity contribution in [1.82, 2.24) is 5.32 Å². The fraction of sp³-hybridized carbons (Fsp3) is 0.478. The Bertz CT molecular complexity index is 958. The minimum Gasteiger partial charge on any atom is -0.459 e. The number of dihydropyridines is 1. The molecule has 0 bridgehead atoms. The summed E-state index contributed by atoms with van der Waals surface area (Å²) in [5.41, 5.74) is 1.13. The van der Waals surface area contributed by atoms with Gasteiger partial charge in [0.1, 0.15) is 6.61 Å². The molecule has 3 aliphatic rings. The predicted molar refractivity (Wildman–Crippen MR) is 106 cm³/mol. The van der Waals surface area contributed by atoms with Gasteiger partial charge in [-0.2, -0.15) is 13.2 Å². The highest BCUT2D eigenvalue weighted by molar-refractivity contribution is 6.03. The van der Waals surface area contributed by atoms with Gasteiger partial charge in [0.2, 0.25) is 0 Å². The summed E-state index contributed by atoms with van der Waals surface area (Å²) in [7, 11) is 0. The average Bonchev–Trinajstić information content (AvgIpc) is 3.24. The molecular weight excluding hydrogens is 411 g/mol. The average molecular weight is 435 g/mol. The number of nitrogens with one attached hydrogen (secondary N) is 1. The first-order chi connectivity index (χ1) is 14.8. The maximum Gasteiger partial charge on any atom is 0.416 e. The van der Waals surface area contributed by atoms with Gasteiger partial charge in [0, 0.05) is 35.9 Å². The molecule has 1 N–H and O–H groups in total. The first kappa shape index (κ1) is 21.6. The van der Waals surface area contributed by atoms with Crippen molar-refractivity contribution >= 4 is 11.8 Å². The van der Waals surface area contributed by atoms with Gasteiger partial charge in [-0.3, -0.25) is 4.79 Å². The first-order valence-electron chi connectivity index (χ1n) is 10.5. The van der Waals surface area contributed by atoms with E-state index in [2.05, 4.69) is 5.32 Å². The van der Waals surface area contributed by atoms with Crippen LogP contribution < -0.4 is 5.32 Å². The van der Waals surface area contributed by atoms with Crippen LogP contribution in [0.4, 0.5) is 13.2 Å². The summed E-state index contributed by atoms with van der Waals surface area (Å²) in [6.45, 7) is 2.38. The maximum atomic E-state index is 13.4. The van der Waals surface area contributed by atoms with E-state index in [0.717, 1.165) is 25.0 Å². The second kappa shape index (κ2) is 8.49. The molecule has 2 aliphatic heterocycles. The van der Waals surface area contributed by atoms with Crippen molar-refractivity contribution < 1.29 is 32.2 Å². The molecule has 166 valence electrons. The number of alkyl halides is 3. The van der Waals surface area contributed by atoms with E-state index in [1.165, 1.54) is 12.1 Å². The number of allylic oxidation sites excluding steroid dienone is 3. The van der Waals surface area contributed by atoms with Crippen LogP contribution in [0.1, 0.15) is 56.1 Å². The molecule has 0 unspecified atom stereocenters. The Kier molecular flexibility index (Phi) is 5.92. The maximum absolute atomic E-state index is 13.4. The van der Waals surface area contributed by atoms with E-state index < -0.39 is 23.6 Å². The summed E-state index contributed by atoms with van der Waals surface area (Å²) < 4.78 is 51.1. The highest BCUT2D eigenvalue weighted by Gasteiger charge is 2.40. The topological polar surface area (TPSA) is 64.6 Å². The molecule has 0 saturated carbocycles. The molecule has 1 aromatic rings. The quantitative estimate of drug-likeness (QED) is 0.711. The molecule has 0 radical (unpaired) electrons. The molecule has 4 rings (SSSR count). The summed E-state index contributed by atoms with van der Waals surface area (Å²) in [5, 5.41) is 3.14. The number of rotatable bonds is 4. The third kappa shape index (κ3) is 4.39. The van der Waals surface area contributed by atoms with E-state index in [-0.39, 0.29) is 29.6 Å². The number of esters is 1. The molecule has 1 saturated heterocycles. The van der Waals surface area contributed by atoms with Crippen molar-refractivity contribution in [1.29, 1.82) is 0 Å². The third-order valence-corrected chi connectivity index (χ3v) is 5.97. The molecule has 2 atom stereocenters. The molecule has 0 amide bonds. The van der Waals surface area contributed by atoms with E-state index in [1.807, 2.05) is 0 Å². The second-order valence-corrected chi connectivity index (χ2v) is 8.12. The summed E-state index contributed by atoms with van der Waals surface area (Å²) in [5.74, 6) is -1.70. The molecule has 31 heavy (non-hydrogen) atoms. The van der Waals surface area contributed by atoms with Crippen LogP contribution in [-0.4, -0.2) is 31.1 Å². The molecule has 8 heteroatoms. The largest absolute Gasteiger partial charge is 0.459 e. The van der Waals surface area contributed by atoms with E-state index in [4.69, 9.17) is 9.47 Å². The third-order valence-electron chi connectivity index (χ3n) is 5.97. The number of ether oxygens (including phenoxy) is 2. The summed E-state index contributed by atoms with van der Waals surface area (Å²) in [6, 6.07) is 4.83. The molecule has 5 nitrogen and oxygen atoms in total. The van der Waals surface area contributed by atoms with Crippen LogP contribution in [-0.2, 0) is 25.2 Å². The molecule has 1 fully saturated rings. The SMILES string of the molecule is CC1=C(C(=O)OC[C@H]2CCCO2)[C@H](c2cccc(C(F)(F)F)c2)C2=C(CCCC2=O)N1. The Hall–Kier alpha value is -2.61. The lowest BCUT2D eigenvalue weighted by Crippen LogP contribution is -2.35. The molecule has 1 aliphatic carbocycles. The Labute approximate surface area is 178 Å². The van der Waals surface area contributed by atoms with Crippen LogP contribution in [0.2, 0.25) is 0 Å². The fourth-order valence-electron chi connectivity index (χ4n) is 4.50. The van der Waals surface area contributed by atoms with Crippen LogP contribution in [0, 0.1) is 0 Å². The lowest BCUT2D eigenvalue weighted by molar-refractivity contribution is -0.142. The summed E-state index contributed by atoms with van der Waals surface area (Å²) in [4.78, 5) is 25.9. The van der Waals surface area contributed by atoms with Crippen molar-refractivity contribution in [3.05, 3.63) is 57.9 Å². The number of carbonyl (C=O) groups excluding carboxylic acids is 2. The Balaban J connectivity index is 1.73. The monoisotopic (exact) mass is 435 g/mol. The van der Waals surface area contributed by atoms with Crippen molar-refractivity contribution in [2.24, 2.45) is 0 Å². The highest BCUT2D eigenvalue weighted by Crippen LogP contribution is 2.43. The van der Waals surface area contributed by atoms with Gasteiger partial charge in [0.05, 0.1) is 17.2 Å². The lowest BCUT2D eigenvalue weighted by atomic mass is 9.75. The zero-order valence-electron chi connectivity index (χ0n) is 17.2. The number of hydrogen-bond acceptors (Lipinski definition) is 5. The van der Waals surface area contributed by atoms with Gasteiger partial charge >= 0.3 is 12.1 Å². The van der Waals surface area contributed by atoms with Crippen molar-refractivity contribution in [3.63, 3.8) is 0 Å². The van der Waals surface area contributed by atoms with E-state index >= 15 is 0 Å². The second-order valence-electron chi connectivity index (χ2n) is 8.12. The number of halogens is 3. The Morgan fingerprint density at radius 3 is 2.77 bits per heavy atom. The molecule has 2 heterocycles. The van der Waals surface area contributed by atoms with Gasteiger partial charge < -0.3 is 14.8 Å². The number of hydrogen-bond donors (Lipinski definition) is 1. The van der Waals surface area contributed by atoms with Crippen LogP contribution >= 0.6 is 0 Å². The van der Waals surface area contributed by atoms with Crippen LogP contribution in [0.15, 0.2) is 46.8 Å². The van der Waals surface area contributed by atoms with Gasteiger partial charge in [-0.15, -0.1) is 0 Å². The summed E-state index contributed by atoms with van der Waals surface area (Å²) >= 11 is 0. The highest BCUT2D eigenvalue weighted by atomic mass is 19.4. The normalized spacial score (nSPS) is 24.2. The van der Waals surface area contributed by atoms with Crippen LogP contribution in [0.5, 0.6) is 0 Å². The number of carbonyl (C=O) groups is 2. The first-order valence-corrected chi connectivity index (χ1v) is 10.5. The lowest BCUT2D eigenvalue weighted by Gasteiger charge is -2.34. The van der Waals surface area contributed by atoms with Gasteiger partial charge in [0.15, 0.2) is 5.78 Å². The number of benzene rings is 1. The van der Waals surface area contributed by atoms with Gasteiger partial charge in [-0.1, -0.05) is 18.2 Å². The predicted octanol–water partition coefficient (Wildman–Crippen LogP) is 4.40. The van der Waals surface area contributed by atoms with Crippen molar-refractivity contribution in [2.45, 2.75) is 57.2 Å². The minimum atomic E-state index is -4.53. The van der Waals surface area contributed by atoms with Crippen LogP contribution in [0.25, 0.3) is 0 Å². The standard InChI is InChI=1S/C23H24F3NO4/c1-13-19(22(29)31-12-16-7-4-10-30-16)20(21-17(27-13)8-3-9-18(21)28)14-5-2-6-15(11-14)23(24,25)26/h2,5-6,11,16,20,27H,3-4,7-10,12H2,1H3/t16-,20+/m1/s1. The summed E-state index contributed by atoms with van der Waals surface area (Å²) in [6.07, 6.45) is -1.47. The Morgan fingerprint density at radius 1 is 1.26 bits per heavy atom. The number of Topliss-reactive ketones (excluding diaryl/α,β-unsaturated/α-hetero) is 1. The van der Waals surface area contributed by atoms with E-state index in [0.29, 0.717) is 42.8 Å². The van der Waals surface area contributed by atoms with E-state index in [9.17, 15) is 22.8 Å². The molecule has 0 aromatic heterocycles. The van der Waals surface area contributed by atoms with Gasteiger partial charge in [-0.05, 0) is 44.2 Å². The fourth-order valence-corrected chi connectivity index (χ4v) is 4.50. The van der Waals surface area contributed by atoms with E-state index in [1.54, 1.807) is 6.92 Å². The smallest absolute Gasteiger partial charge is 0.416 e. The molecule has 0 spiro atoms. The number of ketones is 1.